The molecule has 4 heteroatoms. The van der Waals surface area contributed by atoms with Gasteiger partial charge in [0.25, 0.3) is 0 Å². The lowest BCUT2D eigenvalue weighted by molar-refractivity contribution is 0.181. The largest absolute Gasteiger partial charge is 0.497 e. The molecule has 0 amide bonds. The van der Waals surface area contributed by atoms with E-state index in [0.29, 0.717) is 6.54 Å². The summed E-state index contributed by atoms with van der Waals surface area (Å²) in [7, 11) is 1.67. The number of rotatable bonds is 10. The summed E-state index contributed by atoms with van der Waals surface area (Å²) in [6.45, 7) is 8.85. The minimum Gasteiger partial charge on any atom is -0.497 e. The lowest BCUT2D eigenvalue weighted by atomic mass is 10.1. The SMILES string of the molecule is CCN(CC)CCN(CC(O)c1ccccc1)c1ccc(OC)cc1. The Morgan fingerprint density at radius 3 is 2.12 bits per heavy atom. The molecule has 0 aliphatic carbocycles. The van der Waals surface area contributed by atoms with Crippen LogP contribution in [0.15, 0.2) is 54.6 Å². The molecule has 0 saturated carbocycles. The van der Waals surface area contributed by atoms with Crippen LogP contribution >= 0.6 is 0 Å². The normalized spacial score (nSPS) is 12.2. The van der Waals surface area contributed by atoms with Crippen molar-refractivity contribution in [3.8, 4) is 5.75 Å². The van der Waals surface area contributed by atoms with Crippen LogP contribution in [0, 0.1) is 0 Å². The number of ether oxygens (including phenoxy) is 1. The fourth-order valence-electron chi connectivity index (χ4n) is 2.91. The number of nitrogens with zero attached hydrogens (tertiary/aromatic N) is 2. The highest BCUT2D eigenvalue weighted by atomic mass is 16.5. The quantitative estimate of drug-likeness (QED) is 0.716. The van der Waals surface area contributed by atoms with E-state index in [1.807, 2.05) is 42.5 Å². The van der Waals surface area contributed by atoms with Crippen LogP contribution in [0.5, 0.6) is 5.75 Å². The number of methoxy groups -OCH3 is 1. The summed E-state index contributed by atoms with van der Waals surface area (Å²) < 4.78 is 5.26. The summed E-state index contributed by atoms with van der Waals surface area (Å²) in [4.78, 5) is 4.64. The highest BCUT2D eigenvalue weighted by Crippen LogP contribution is 2.22. The monoisotopic (exact) mass is 342 g/mol. The summed E-state index contributed by atoms with van der Waals surface area (Å²) in [6, 6.07) is 17.9. The van der Waals surface area contributed by atoms with Gasteiger partial charge in [0.2, 0.25) is 0 Å². The third-order valence-corrected chi connectivity index (χ3v) is 4.60. The minimum absolute atomic E-state index is 0.514. The van der Waals surface area contributed by atoms with E-state index < -0.39 is 6.10 Å². The van der Waals surface area contributed by atoms with E-state index in [0.717, 1.165) is 43.2 Å². The molecule has 0 spiro atoms. The van der Waals surface area contributed by atoms with Crippen LogP contribution in [0.2, 0.25) is 0 Å². The number of aliphatic hydroxyl groups excluding tert-OH is 1. The van der Waals surface area contributed by atoms with Crippen LogP contribution in [0.4, 0.5) is 5.69 Å². The van der Waals surface area contributed by atoms with E-state index in [2.05, 4.69) is 35.8 Å². The molecule has 0 aromatic heterocycles. The molecule has 2 aromatic rings. The fraction of sp³-hybridized carbons (Fsp3) is 0.429. The Kier molecular flexibility index (Phi) is 7.76. The molecule has 136 valence electrons. The molecule has 2 rings (SSSR count). The topological polar surface area (TPSA) is 35.9 Å². The zero-order chi connectivity index (χ0) is 18.1. The molecule has 0 heterocycles. The summed E-state index contributed by atoms with van der Waals surface area (Å²) in [5.41, 5.74) is 2.05. The Bertz CT molecular complexity index is 597. The number of hydrogen-bond donors (Lipinski definition) is 1. The molecule has 0 fully saturated rings. The third kappa shape index (κ3) is 5.76. The van der Waals surface area contributed by atoms with Crippen molar-refractivity contribution in [2.45, 2.75) is 20.0 Å². The van der Waals surface area contributed by atoms with Crippen molar-refractivity contribution >= 4 is 5.69 Å². The van der Waals surface area contributed by atoms with Crippen LogP contribution in [0.1, 0.15) is 25.5 Å². The van der Waals surface area contributed by atoms with Gasteiger partial charge in [-0.25, -0.2) is 0 Å². The Hall–Kier alpha value is -2.04. The molecular weight excluding hydrogens is 312 g/mol. The molecule has 0 aliphatic rings. The average molecular weight is 342 g/mol. The zero-order valence-electron chi connectivity index (χ0n) is 15.6. The van der Waals surface area contributed by atoms with Crippen molar-refractivity contribution in [3.63, 3.8) is 0 Å². The second-order valence-electron chi connectivity index (χ2n) is 6.10. The minimum atomic E-state index is -0.514. The maximum Gasteiger partial charge on any atom is 0.119 e. The summed E-state index contributed by atoms with van der Waals surface area (Å²) in [5, 5.41) is 10.7. The van der Waals surface area contributed by atoms with Gasteiger partial charge in [0.15, 0.2) is 0 Å². The van der Waals surface area contributed by atoms with Crippen molar-refractivity contribution in [1.82, 2.24) is 4.90 Å². The van der Waals surface area contributed by atoms with Crippen LogP contribution in [-0.4, -0.2) is 49.8 Å². The zero-order valence-corrected chi connectivity index (χ0v) is 15.6. The van der Waals surface area contributed by atoms with Gasteiger partial charge in [0, 0.05) is 25.3 Å². The number of hydrogen-bond acceptors (Lipinski definition) is 4. The van der Waals surface area contributed by atoms with Gasteiger partial charge in [-0.1, -0.05) is 44.2 Å². The van der Waals surface area contributed by atoms with Gasteiger partial charge in [-0.3, -0.25) is 0 Å². The number of anilines is 1. The van der Waals surface area contributed by atoms with Gasteiger partial charge in [-0.15, -0.1) is 0 Å². The molecule has 1 atom stereocenters. The maximum absolute atomic E-state index is 10.7. The molecule has 4 nitrogen and oxygen atoms in total. The first-order valence-corrected chi connectivity index (χ1v) is 9.02. The predicted molar refractivity (Wildman–Crippen MR) is 104 cm³/mol. The van der Waals surface area contributed by atoms with Crippen LogP contribution in [-0.2, 0) is 0 Å². The van der Waals surface area contributed by atoms with Crippen LogP contribution in [0.3, 0.4) is 0 Å². The molecular formula is C21H30N2O2. The smallest absolute Gasteiger partial charge is 0.119 e. The van der Waals surface area contributed by atoms with E-state index in [1.54, 1.807) is 7.11 Å². The van der Waals surface area contributed by atoms with Crippen molar-refractivity contribution in [3.05, 3.63) is 60.2 Å². The second-order valence-corrected chi connectivity index (χ2v) is 6.10. The van der Waals surface area contributed by atoms with Crippen molar-refractivity contribution in [2.24, 2.45) is 0 Å². The molecule has 0 aliphatic heterocycles. The molecule has 25 heavy (non-hydrogen) atoms. The summed E-state index contributed by atoms with van der Waals surface area (Å²) in [5.74, 6) is 0.844. The van der Waals surface area contributed by atoms with E-state index in [4.69, 9.17) is 4.74 Å². The Morgan fingerprint density at radius 1 is 0.920 bits per heavy atom. The van der Waals surface area contributed by atoms with Gasteiger partial charge >= 0.3 is 0 Å². The predicted octanol–water partition coefficient (Wildman–Crippen LogP) is 3.58. The Labute approximate surface area is 151 Å². The van der Waals surface area contributed by atoms with Crippen LogP contribution in [0.25, 0.3) is 0 Å². The number of aliphatic hydroxyl groups is 1. The van der Waals surface area contributed by atoms with Gasteiger partial charge in [0.05, 0.1) is 13.2 Å². The lowest BCUT2D eigenvalue weighted by Gasteiger charge is -2.30. The van der Waals surface area contributed by atoms with E-state index in [9.17, 15) is 5.11 Å². The highest BCUT2D eigenvalue weighted by molar-refractivity contribution is 5.49. The van der Waals surface area contributed by atoms with Gasteiger partial charge in [-0.2, -0.15) is 0 Å². The summed E-state index contributed by atoms with van der Waals surface area (Å²) >= 11 is 0. The molecule has 2 aromatic carbocycles. The molecule has 0 bridgehead atoms. The van der Waals surface area contributed by atoms with E-state index in [1.165, 1.54) is 0 Å². The standard InChI is InChI=1S/C21H30N2O2/c1-4-22(5-2)15-16-23(19-11-13-20(25-3)14-12-19)17-21(24)18-9-7-6-8-10-18/h6-14,21,24H,4-5,15-17H2,1-3H3. The average Bonchev–Trinajstić information content (AvgIpc) is 2.68. The first-order valence-electron chi connectivity index (χ1n) is 9.02. The molecule has 1 N–H and O–H groups in total. The molecule has 0 radical (unpaired) electrons. The second kappa shape index (κ2) is 10.1. The third-order valence-electron chi connectivity index (χ3n) is 4.60. The molecule has 0 saturated heterocycles. The molecule has 1 unspecified atom stereocenters. The Balaban J connectivity index is 2.12. The number of likely N-dealkylation sites (N-methyl/N-ethyl adjacent to an activating group) is 1. The van der Waals surface area contributed by atoms with Gasteiger partial charge in [-0.05, 0) is 42.9 Å². The first-order chi connectivity index (χ1) is 12.2. The van der Waals surface area contributed by atoms with Gasteiger partial charge in [0.1, 0.15) is 5.75 Å². The van der Waals surface area contributed by atoms with E-state index in [-0.39, 0.29) is 0 Å². The van der Waals surface area contributed by atoms with Crippen molar-refractivity contribution in [2.75, 3.05) is 44.7 Å². The first kappa shape index (κ1) is 19.3. The lowest BCUT2D eigenvalue weighted by Crippen LogP contribution is -2.37. The van der Waals surface area contributed by atoms with Crippen molar-refractivity contribution < 1.29 is 9.84 Å². The Morgan fingerprint density at radius 2 is 1.56 bits per heavy atom. The van der Waals surface area contributed by atoms with Crippen LogP contribution < -0.4 is 9.64 Å². The highest BCUT2D eigenvalue weighted by Gasteiger charge is 2.15. The summed E-state index contributed by atoms with van der Waals surface area (Å²) in [6.07, 6.45) is -0.514. The van der Waals surface area contributed by atoms with E-state index >= 15 is 0 Å². The number of benzene rings is 2. The van der Waals surface area contributed by atoms with Gasteiger partial charge < -0.3 is 19.6 Å². The fourth-order valence-corrected chi connectivity index (χ4v) is 2.91. The van der Waals surface area contributed by atoms with Crippen molar-refractivity contribution in [1.29, 1.82) is 0 Å². The maximum atomic E-state index is 10.7.